The molecule has 0 atom stereocenters. The van der Waals surface area contributed by atoms with Gasteiger partial charge in [0.25, 0.3) is 0 Å². The Morgan fingerprint density at radius 2 is 2.04 bits per heavy atom. The van der Waals surface area contributed by atoms with Gasteiger partial charge in [-0.15, -0.1) is 0 Å². The summed E-state index contributed by atoms with van der Waals surface area (Å²) in [5, 5.41) is 18.7. The SMILES string of the molecule is Cc1cnn(-c2ccc([N+](=O)[O-])c(Nc3ccc4c(c3)CCC4)n2)c1. The van der Waals surface area contributed by atoms with Gasteiger partial charge >= 0.3 is 5.69 Å². The molecule has 1 aliphatic carbocycles. The molecule has 0 spiro atoms. The summed E-state index contributed by atoms with van der Waals surface area (Å²) in [6, 6.07) is 9.13. The fourth-order valence-corrected chi connectivity index (χ4v) is 3.13. The first kappa shape index (κ1) is 15.3. The zero-order valence-corrected chi connectivity index (χ0v) is 13.8. The van der Waals surface area contributed by atoms with E-state index >= 15 is 0 Å². The molecule has 0 saturated heterocycles. The van der Waals surface area contributed by atoms with Crippen LogP contribution in [0, 0.1) is 17.0 Å². The lowest BCUT2D eigenvalue weighted by atomic mass is 10.1. The molecule has 0 saturated carbocycles. The van der Waals surface area contributed by atoms with Crippen LogP contribution in [0.2, 0.25) is 0 Å². The van der Waals surface area contributed by atoms with Crippen molar-refractivity contribution < 1.29 is 4.92 Å². The number of nitro groups is 1. The number of anilines is 2. The topological polar surface area (TPSA) is 85.9 Å². The predicted octanol–water partition coefficient (Wildman–Crippen LogP) is 3.72. The minimum atomic E-state index is -0.430. The summed E-state index contributed by atoms with van der Waals surface area (Å²) in [6.07, 6.45) is 6.85. The van der Waals surface area contributed by atoms with Crippen molar-refractivity contribution in [3.63, 3.8) is 0 Å². The van der Waals surface area contributed by atoms with Crippen LogP contribution in [0.4, 0.5) is 17.2 Å². The third-order valence-electron chi connectivity index (χ3n) is 4.36. The van der Waals surface area contributed by atoms with Gasteiger partial charge in [0.2, 0.25) is 5.82 Å². The van der Waals surface area contributed by atoms with Crippen molar-refractivity contribution >= 4 is 17.2 Å². The zero-order valence-electron chi connectivity index (χ0n) is 13.8. The van der Waals surface area contributed by atoms with Crippen LogP contribution in [0.15, 0.2) is 42.7 Å². The normalized spacial score (nSPS) is 12.8. The highest BCUT2D eigenvalue weighted by atomic mass is 16.6. The van der Waals surface area contributed by atoms with Crippen LogP contribution >= 0.6 is 0 Å². The third kappa shape index (κ3) is 2.96. The Bertz CT molecular complexity index is 964. The lowest BCUT2D eigenvalue weighted by Crippen LogP contribution is -2.05. The molecule has 2 aromatic heterocycles. The molecule has 0 fully saturated rings. The number of nitrogens with zero attached hydrogens (tertiary/aromatic N) is 4. The molecule has 7 nitrogen and oxygen atoms in total. The Morgan fingerprint density at radius 1 is 1.20 bits per heavy atom. The minimum Gasteiger partial charge on any atom is -0.334 e. The molecule has 0 bridgehead atoms. The first-order valence-electron chi connectivity index (χ1n) is 8.16. The highest BCUT2D eigenvalue weighted by Gasteiger charge is 2.18. The zero-order chi connectivity index (χ0) is 17.4. The Kier molecular flexibility index (Phi) is 3.68. The summed E-state index contributed by atoms with van der Waals surface area (Å²) in [4.78, 5) is 15.3. The number of aromatic nitrogens is 3. The number of fused-ring (bicyclic) bond motifs is 1. The summed E-state index contributed by atoms with van der Waals surface area (Å²) >= 11 is 0. The van der Waals surface area contributed by atoms with E-state index in [1.165, 1.54) is 17.2 Å². The highest BCUT2D eigenvalue weighted by Crippen LogP contribution is 2.30. The van der Waals surface area contributed by atoms with Gasteiger partial charge in [-0.1, -0.05) is 6.07 Å². The van der Waals surface area contributed by atoms with E-state index in [0.29, 0.717) is 5.82 Å². The molecule has 1 aromatic carbocycles. The minimum absolute atomic E-state index is 0.0619. The molecule has 7 heteroatoms. The molecule has 0 aliphatic heterocycles. The average Bonchev–Trinajstić information content (AvgIpc) is 3.23. The van der Waals surface area contributed by atoms with Gasteiger partial charge in [0.05, 0.1) is 11.1 Å². The smallest absolute Gasteiger partial charge is 0.311 e. The largest absolute Gasteiger partial charge is 0.334 e. The Labute approximate surface area is 144 Å². The van der Waals surface area contributed by atoms with Crippen molar-refractivity contribution in [1.29, 1.82) is 0 Å². The Hall–Kier alpha value is -3.22. The second-order valence-corrected chi connectivity index (χ2v) is 6.22. The van der Waals surface area contributed by atoms with E-state index in [1.54, 1.807) is 16.9 Å². The third-order valence-corrected chi connectivity index (χ3v) is 4.36. The van der Waals surface area contributed by atoms with E-state index in [-0.39, 0.29) is 11.5 Å². The number of pyridine rings is 1. The number of aryl methyl sites for hydroxylation is 3. The molecule has 0 radical (unpaired) electrons. The standard InChI is InChI=1S/C18H17N5O2/c1-12-10-19-22(11-12)17-8-7-16(23(24)25)18(21-17)20-15-6-5-13-3-2-4-14(13)9-15/h5-11H,2-4H2,1H3,(H,20,21). The average molecular weight is 335 g/mol. The predicted molar refractivity (Wildman–Crippen MR) is 94.5 cm³/mol. The summed E-state index contributed by atoms with van der Waals surface area (Å²) in [7, 11) is 0. The van der Waals surface area contributed by atoms with Gasteiger partial charge in [-0.3, -0.25) is 10.1 Å². The van der Waals surface area contributed by atoms with Crippen molar-refractivity contribution in [3.8, 4) is 5.82 Å². The Balaban J connectivity index is 1.72. The van der Waals surface area contributed by atoms with E-state index in [9.17, 15) is 10.1 Å². The molecule has 4 rings (SSSR count). The van der Waals surface area contributed by atoms with E-state index in [2.05, 4.69) is 27.5 Å². The summed E-state index contributed by atoms with van der Waals surface area (Å²) in [5.74, 6) is 0.746. The molecule has 1 aliphatic rings. The molecule has 25 heavy (non-hydrogen) atoms. The van der Waals surface area contributed by atoms with Crippen molar-refractivity contribution in [2.24, 2.45) is 0 Å². The second kappa shape index (κ2) is 6.01. The lowest BCUT2D eigenvalue weighted by Gasteiger charge is -2.10. The summed E-state index contributed by atoms with van der Waals surface area (Å²) in [6.45, 7) is 1.93. The van der Waals surface area contributed by atoms with Gasteiger partial charge in [0.15, 0.2) is 5.82 Å². The molecule has 1 N–H and O–H groups in total. The van der Waals surface area contributed by atoms with Gasteiger partial charge < -0.3 is 5.32 Å². The van der Waals surface area contributed by atoms with Crippen LogP contribution in [0.5, 0.6) is 0 Å². The van der Waals surface area contributed by atoms with Crippen LogP contribution < -0.4 is 5.32 Å². The monoisotopic (exact) mass is 335 g/mol. The first-order valence-corrected chi connectivity index (χ1v) is 8.16. The lowest BCUT2D eigenvalue weighted by molar-refractivity contribution is -0.384. The van der Waals surface area contributed by atoms with E-state index in [4.69, 9.17) is 0 Å². The number of benzene rings is 1. The van der Waals surface area contributed by atoms with Crippen LogP contribution in [-0.2, 0) is 12.8 Å². The number of nitrogens with one attached hydrogen (secondary N) is 1. The molecule has 0 amide bonds. The van der Waals surface area contributed by atoms with E-state index in [0.717, 1.165) is 30.5 Å². The summed E-state index contributed by atoms with van der Waals surface area (Å²) < 4.78 is 1.60. The second-order valence-electron chi connectivity index (χ2n) is 6.22. The van der Waals surface area contributed by atoms with Crippen LogP contribution in [0.25, 0.3) is 5.82 Å². The molecule has 2 heterocycles. The maximum Gasteiger partial charge on any atom is 0.311 e. The number of hydrogen-bond donors (Lipinski definition) is 1. The van der Waals surface area contributed by atoms with Crippen LogP contribution in [0.1, 0.15) is 23.1 Å². The quantitative estimate of drug-likeness (QED) is 0.580. The van der Waals surface area contributed by atoms with Crippen LogP contribution in [-0.4, -0.2) is 19.7 Å². The number of hydrogen-bond acceptors (Lipinski definition) is 5. The first-order chi connectivity index (χ1) is 12.1. The highest BCUT2D eigenvalue weighted by molar-refractivity contribution is 5.67. The summed E-state index contributed by atoms with van der Waals surface area (Å²) in [5.41, 5.74) is 4.40. The van der Waals surface area contributed by atoms with Gasteiger partial charge in [0.1, 0.15) is 0 Å². The maximum absolute atomic E-state index is 11.4. The van der Waals surface area contributed by atoms with Crippen molar-refractivity contribution in [3.05, 3.63) is 69.5 Å². The fourth-order valence-electron chi connectivity index (χ4n) is 3.13. The van der Waals surface area contributed by atoms with Crippen LogP contribution in [0.3, 0.4) is 0 Å². The number of rotatable bonds is 4. The van der Waals surface area contributed by atoms with Gasteiger partial charge in [-0.2, -0.15) is 5.10 Å². The molecule has 0 unspecified atom stereocenters. The van der Waals surface area contributed by atoms with Crippen molar-refractivity contribution in [1.82, 2.24) is 14.8 Å². The molecular weight excluding hydrogens is 318 g/mol. The molecular formula is C18H17N5O2. The Morgan fingerprint density at radius 3 is 2.80 bits per heavy atom. The van der Waals surface area contributed by atoms with Crippen molar-refractivity contribution in [2.75, 3.05) is 5.32 Å². The van der Waals surface area contributed by atoms with E-state index < -0.39 is 4.92 Å². The fraction of sp³-hybridized carbons (Fsp3) is 0.222. The van der Waals surface area contributed by atoms with Gasteiger partial charge in [-0.05, 0) is 61.1 Å². The van der Waals surface area contributed by atoms with Gasteiger partial charge in [0, 0.05) is 18.0 Å². The van der Waals surface area contributed by atoms with E-state index in [1.807, 2.05) is 19.2 Å². The van der Waals surface area contributed by atoms with Crippen molar-refractivity contribution in [2.45, 2.75) is 26.2 Å². The molecule has 3 aromatic rings. The molecule has 126 valence electrons. The van der Waals surface area contributed by atoms with Gasteiger partial charge in [-0.25, -0.2) is 9.67 Å². The maximum atomic E-state index is 11.4.